The third-order valence-corrected chi connectivity index (χ3v) is 3.65. The number of aryl methyl sites for hydroxylation is 1. The fourth-order valence-corrected chi connectivity index (χ4v) is 2.54. The van der Waals surface area contributed by atoms with E-state index >= 15 is 0 Å². The van der Waals surface area contributed by atoms with E-state index in [2.05, 4.69) is 24.5 Å². The molecule has 21 heavy (non-hydrogen) atoms. The first-order chi connectivity index (χ1) is 10.2. The molecule has 0 aliphatic carbocycles. The van der Waals surface area contributed by atoms with Crippen LogP contribution in [-0.4, -0.2) is 14.2 Å². The van der Waals surface area contributed by atoms with Crippen LogP contribution in [0.25, 0.3) is 0 Å². The molecule has 112 valence electrons. The fourth-order valence-electron chi connectivity index (χ4n) is 2.54. The highest BCUT2D eigenvalue weighted by atomic mass is 16.5. The highest BCUT2D eigenvalue weighted by molar-refractivity contribution is 5.47. The van der Waals surface area contributed by atoms with Crippen molar-refractivity contribution >= 4 is 0 Å². The number of nitrogens with one attached hydrogen (secondary N) is 1. The summed E-state index contributed by atoms with van der Waals surface area (Å²) in [5, 5.41) is 0. The van der Waals surface area contributed by atoms with E-state index in [1.807, 2.05) is 30.3 Å². The van der Waals surface area contributed by atoms with Crippen LogP contribution in [0.4, 0.5) is 0 Å². The van der Waals surface area contributed by atoms with Gasteiger partial charge in [-0.25, -0.2) is 5.43 Å². The molecule has 2 aromatic rings. The Hall–Kier alpha value is -2.04. The summed E-state index contributed by atoms with van der Waals surface area (Å²) < 4.78 is 10.6. The van der Waals surface area contributed by atoms with Gasteiger partial charge >= 0.3 is 0 Å². The smallest absolute Gasteiger partial charge is 0.161 e. The molecule has 0 amide bonds. The normalized spacial score (nSPS) is 12.0. The van der Waals surface area contributed by atoms with Crippen LogP contribution >= 0.6 is 0 Å². The van der Waals surface area contributed by atoms with E-state index in [4.69, 9.17) is 15.3 Å². The molecule has 0 saturated heterocycles. The minimum Gasteiger partial charge on any atom is -0.493 e. The molecule has 0 aliphatic rings. The van der Waals surface area contributed by atoms with Crippen LogP contribution in [0.3, 0.4) is 0 Å². The summed E-state index contributed by atoms with van der Waals surface area (Å²) in [7, 11) is 3.26. The lowest BCUT2D eigenvalue weighted by atomic mass is 9.93. The van der Waals surface area contributed by atoms with Crippen LogP contribution in [0.1, 0.15) is 29.7 Å². The zero-order chi connectivity index (χ0) is 15.2. The van der Waals surface area contributed by atoms with Gasteiger partial charge in [-0.3, -0.25) is 5.84 Å². The van der Waals surface area contributed by atoms with E-state index in [-0.39, 0.29) is 6.04 Å². The van der Waals surface area contributed by atoms with Crippen LogP contribution < -0.4 is 20.7 Å². The average molecular weight is 286 g/mol. The lowest BCUT2D eigenvalue weighted by molar-refractivity contribution is 0.354. The number of nitrogens with two attached hydrogens (primary N) is 1. The molecule has 2 rings (SSSR count). The number of benzene rings is 2. The van der Waals surface area contributed by atoms with Gasteiger partial charge < -0.3 is 9.47 Å². The first-order valence-corrected chi connectivity index (χ1v) is 7.01. The topological polar surface area (TPSA) is 56.5 Å². The minimum atomic E-state index is -0.0824. The molecular weight excluding hydrogens is 264 g/mol. The van der Waals surface area contributed by atoms with Gasteiger partial charge in [0.2, 0.25) is 0 Å². The maximum atomic E-state index is 5.80. The van der Waals surface area contributed by atoms with Gasteiger partial charge in [0, 0.05) is 0 Å². The van der Waals surface area contributed by atoms with Gasteiger partial charge in [-0.05, 0) is 35.2 Å². The minimum absolute atomic E-state index is 0.0824. The van der Waals surface area contributed by atoms with Crippen molar-refractivity contribution in [2.24, 2.45) is 5.84 Å². The number of rotatable bonds is 6. The molecular formula is C17H22N2O2. The summed E-state index contributed by atoms with van der Waals surface area (Å²) in [5.41, 5.74) is 6.39. The van der Waals surface area contributed by atoms with Crippen molar-refractivity contribution in [2.45, 2.75) is 19.4 Å². The maximum absolute atomic E-state index is 5.80. The third kappa shape index (κ3) is 3.17. The highest BCUT2D eigenvalue weighted by Crippen LogP contribution is 2.32. The zero-order valence-electron chi connectivity index (χ0n) is 12.7. The summed E-state index contributed by atoms with van der Waals surface area (Å²) in [5.74, 6) is 7.21. The Morgan fingerprint density at radius 3 is 2.38 bits per heavy atom. The average Bonchev–Trinajstić information content (AvgIpc) is 2.55. The van der Waals surface area contributed by atoms with Gasteiger partial charge in [0.25, 0.3) is 0 Å². The first-order valence-electron chi connectivity index (χ1n) is 7.01. The molecule has 3 N–H and O–H groups in total. The van der Waals surface area contributed by atoms with Crippen molar-refractivity contribution in [1.29, 1.82) is 0 Å². The van der Waals surface area contributed by atoms with E-state index < -0.39 is 0 Å². The molecule has 0 heterocycles. The fraction of sp³-hybridized carbons (Fsp3) is 0.294. The molecule has 0 aromatic heterocycles. The van der Waals surface area contributed by atoms with E-state index in [0.717, 1.165) is 12.0 Å². The van der Waals surface area contributed by atoms with Crippen LogP contribution in [0.5, 0.6) is 11.5 Å². The summed E-state index contributed by atoms with van der Waals surface area (Å²) in [4.78, 5) is 0. The van der Waals surface area contributed by atoms with E-state index in [9.17, 15) is 0 Å². The first kappa shape index (κ1) is 15.4. The molecule has 2 aromatic carbocycles. The molecule has 0 saturated carbocycles. The van der Waals surface area contributed by atoms with Gasteiger partial charge in [0.15, 0.2) is 11.5 Å². The summed E-state index contributed by atoms with van der Waals surface area (Å²) in [6.07, 6.45) is 0.960. The SMILES string of the molecule is CCc1ccccc1C(NN)c1ccc(OC)c(OC)c1. The molecule has 0 spiro atoms. The van der Waals surface area contributed by atoms with E-state index in [0.29, 0.717) is 11.5 Å². The van der Waals surface area contributed by atoms with Gasteiger partial charge in [-0.15, -0.1) is 0 Å². The monoisotopic (exact) mass is 286 g/mol. The molecule has 4 nitrogen and oxygen atoms in total. The molecule has 0 aliphatic heterocycles. The second kappa shape index (κ2) is 7.11. The molecule has 0 fully saturated rings. The van der Waals surface area contributed by atoms with Crippen molar-refractivity contribution < 1.29 is 9.47 Å². The summed E-state index contributed by atoms with van der Waals surface area (Å²) >= 11 is 0. The number of methoxy groups -OCH3 is 2. The van der Waals surface area contributed by atoms with Gasteiger partial charge in [-0.2, -0.15) is 0 Å². The maximum Gasteiger partial charge on any atom is 0.161 e. The summed E-state index contributed by atoms with van der Waals surface area (Å²) in [6.45, 7) is 2.14. The molecule has 4 heteroatoms. The Balaban J connectivity index is 2.46. The molecule has 1 unspecified atom stereocenters. The van der Waals surface area contributed by atoms with Gasteiger partial charge in [-0.1, -0.05) is 37.3 Å². The second-order valence-corrected chi connectivity index (χ2v) is 4.77. The molecule has 0 radical (unpaired) electrons. The van der Waals surface area contributed by atoms with Crippen molar-refractivity contribution in [3.05, 3.63) is 59.2 Å². The van der Waals surface area contributed by atoms with E-state index in [1.54, 1.807) is 14.2 Å². The number of hydrazine groups is 1. The Labute approximate surface area is 125 Å². The summed E-state index contributed by atoms with van der Waals surface area (Å²) in [6, 6.07) is 14.1. The second-order valence-electron chi connectivity index (χ2n) is 4.77. The van der Waals surface area contributed by atoms with Gasteiger partial charge in [0.05, 0.1) is 20.3 Å². The number of ether oxygens (including phenoxy) is 2. The van der Waals surface area contributed by atoms with Crippen molar-refractivity contribution in [3.8, 4) is 11.5 Å². The Kier molecular flexibility index (Phi) is 5.20. The van der Waals surface area contributed by atoms with Crippen molar-refractivity contribution in [1.82, 2.24) is 5.43 Å². The highest BCUT2D eigenvalue weighted by Gasteiger charge is 2.17. The predicted molar refractivity (Wildman–Crippen MR) is 84.5 cm³/mol. The molecule has 1 atom stereocenters. The Morgan fingerprint density at radius 2 is 1.76 bits per heavy atom. The number of hydrogen-bond donors (Lipinski definition) is 2. The van der Waals surface area contributed by atoms with Crippen LogP contribution in [0.2, 0.25) is 0 Å². The lowest BCUT2D eigenvalue weighted by Crippen LogP contribution is -2.29. The van der Waals surface area contributed by atoms with Crippen LogP contribution in [0, 0.1) is 0 Å². The third-order valence-electron chi connectivity index (χ3n) is 3.65. The van der Waals surface area contributed by atoms with Crippen molar-refractivity contribution in [3.63, 3.8) is 0 Å². The van der Waals surface area contributed by atoms with Crippen LogP contribution in [0.15, 0.2) is 42.5 Å². The number of hydrogen-bond acceptors (Lipinski definition) is 4. The van der Waals surface area contributed by atoms with E-state index in [1.165, 1.54) is 11.1 Å². The standard InChI is InChI=1S/C17H22N2O2/c1-4-12-7-5-6-8-14(12)17(19-18)13-9-10-15(20-2)16(11-13)21-3/h5-11,17,19H,4,18H2,1-3H3. The Morgan fingerprint density at radius 1 is 1.05 bits per heavy atom. The lowest BCUT2D eigenvalue weighted by Gasteiger charge is -2.21. The zero-order valence-corrected chi connectivity index (χ0v) is 12.7. The van der Waals surface area contributed by atoms with Crippen molar-refractivity contribution in [2.75, 3.05) is 14.2 Å². The largest absolute Gasteiger partial charge is 0.493 e. The Bertz CT molecular complexity index is 599. The predicted octanol–water partition coefficient (Wildman–Crippen LogP) is 2.82. The molecule has 0 bridgehead atoms. The van der Waals surface area contributed by atoms with Crippen LogP contribution in [-0.2, 0) is 6.42 Å². The quantitative estimate of drug-likeness (QED) is 0.633. The van der Waals surface area contributed by atoms with Gasteiger partial charge in [0.1, 0.15) is 0 Å².